The van der Waals surface area contributed by atoms with Crippen LogP contribution in [0.2, 0.25) is 0 Å². The molecule has 0 radical (unpaired) electrons. The Morgan fingerprint density at radius 1 is 1.03 bits per heavy atom. The molecule has 1 saturated heterocycles. The molecule has 200 valence electrons. The van der Waals surface area contributed by atoms with Crippen LogP contribution >= 0.6 is 11.8 Å². The second kappa shape index (κ2) is 10.8. The van der Waals surface area contributed by atoms with Crippen LogP contribution in [0, 0.1) is 0 Å². The van der Waals surface area contributed by atoms with Gasteiger partial charge in [0.25, 0.3) is 11.8 Å². The number of hydrogen-bond acceptors (Lipinski definition) is 5. The number of para-hydroxylation sites is 1. The van der Waals surface area contributed by atoms with Crippen LogP contribution in [0.1, 0.15) is 22.8 Å². The molecule has 0 saturated carbocycles. The Hall–Kier alpha value is -3.75. The first-order valence-electron chi connectivity index (χ1n) is 13.4. The fourth-order valence-corrected chi connectivity index (χ4v) is 6.59. The Bertz CT molecular complexity index is 1500. The molecule has 1 unspecified atom stereocenters. The normalized spacial score (nSPS) is 19.6. The van der Waals surface area contributed by atoms with Crippen molar-refractivity contribution in [3.63, 3.8) is 0 Å². The molecular weight excluding hydrogens is 508 g/mol. The number of hydrogen-bond donors (Lipinski definition) is 2. The van der Waals surface area contributed by atoms with Gasteiger partial charge in [0.15, 0.2) is 0 Å². The smallest absolute Gasteiger partial charge is 0.255 e. The van der Waals surface area contributed by atoms with Crippen LogP contribution in [-0.4, -0.2) is 65.8 Å². The van der Waals surface area contributed by atoms with Gasteiger partial charge < -0.3 is 24.8 Å². The van der Waals surface area contributed by atoms with Crippen molar-refractivity contribution in [1.82, 2.24) is 9.88 Å². The minimum absolute atomic E-state index is 0.115. The molecule has 2 aliphatic rings. The first-order valence-corrected chi connectivity index (χ1v) is 14.3. The maximum Gasteiger partial charge on any atom is 0.255 e. The lowest BCUT2D eigenvalue weighted by atomic mass is 9.98. The van der Waals surface area contributed by atoms with Gasteiger partial charge in [-0.3, -0.25) is 9.59 Å². The van der Waals surface area contributed by atoms with Crippen molar-refractivity contribution in [2.24, 2.45) is 0 Å². The first-order chi connectivity index (χ1) is 19.0. The van der Waals surface area contributed by atoms with Crippen molar-refractivity contribution >= 4 is 45.9 Å². The molecule has 2 aliphatic heterocycles. The van der Waals surface area contributed by atoms with Gasteiger partial charge in [0.2, 0.25) is 0 Å². The van der Waals surface area contributed by atoms with Crippen LogP contribution < -0.4 is 10.2 Å². The summed E-state index contributed by atoms with van der Waals surface area (Å²) in [6, 6.07) is 23.7. The average Bonchev–Trinajstić information content (AvgIpc) is 3.35. The number of nitrogens with one attached hydrogen (secondary N) is 2. The van der Waals surface area contributed by atoms with Gasteiger partial charge >= 0.3 is 0 Å². The molecule has 8 heteroatoms. The summed E-state index contributed by atoms with van der Waals surface area (Å²) in [6.45, 7) is 5.47. The molecule has 3 heterocycles. The minimum Gasteiger partial charge on any atom is -0.378 e. The number of carbonyl (C=O) groups excluding carboxylic acids is 2. The van der Waals surface area contributed by atoms with Gasteiger partial charge in [0.1, 0.15) is 5.54 Å². The molecule has 0 bridgehead atoms. The second-order valence-corrected chi connectivity index (χ2v) is 11.2. The zero-order chi connectivity index (χ0) is 26.8. The Balaban J connectivity index is 1.26. The van der Waals surface area contributed by atoms with Crippen molar-refractivity contribution in [3.8, 4) is 0 Å². The third-order valence-corrected chi connectivity index (χ3v) is 9.11. The van der Waals surface area contributed by atoms with E-state index in [0.717, 1.165) is 53.4 Å². The Kier molecular flexibility index (Phi) is 7.06. The summed E-state index contributed by atoms with van der Waals surface area (Å²) in [5, 5.41) is 4.25. The van der Waals surface area contributed by atoms with Crippen molar-refractivity contribution in [1.29, 1.82) is 0 Å². The lowest BCUT2D eigenvalue weighted by Gasteiger charge is -2.38. The maximum absolute atomic E-state index is 14.0. The molecule has 2 N–H and O–H groups in total. The third kappa shape index (κ3) is 5.02. The SMILES string of the molecule is CC1(C(=O)Nc2ccc(N3CCOCC3)cc2)CSc2ccccc2C(=O)N1CCc1c[nH]c2ccccc12. The van der Waals surface area contributed by atoms with Crippen LogP contribution in [0.5, 0.6) is 0 Å². The van der Waals surface area contributed by atoms with Crippen LogP contribution in [0.15, 0.2) is 83.9 Å². The highest BCUT2D eigenvalue weighted by molar-refractivity contribution is 7.99. The van der Waals surface area contributed by atoms with E-state index in [2.05, 4.69) is 21.3 Å². The van der Waals surface area contributed by atoms with E-state index in [-0.39, 0.29) is 11.8 Å². The van der Waals surface area contributed by atoms with Crippen molar-refractivity contribution < 1.29 is 14.3 Å². The van der Waals surface area contributed by atoms with Crippen LogP contribution in [-0.2, 0) is 16.0 Å². The third-order valence-electron chi connectivity index (χ3n) is 7.74. The molecule has 6 rings (SSSR count). The molecular formula is C31H32N4O3S. The van der Waals surface area contributed by atoms with E-state index in [0.29, 0.717) is 30.0 Å². The molecule has 4 aromatic rings. The van der Waals surface area contributed by atoms with Gasteiger partial charge in [-0.2, -0.15) is 0 Å². The molecule has 7 nitrogen and oxygen atoms in total. The van der Waals surface area contributed by atoms with Gasteiger partial charge in [-0.25, -0.2) is 0 Å². The monoisotopic (exact) mass is 540 g/mol. The quantitative estimate of drug-likeness (QED) is 0.352. The summed E-state index contributed by atoms with van der Waals surface area (Å²) in [5.41, 5.74) is 3.62. The maximum atomic E-state index is 14.0. The standard InChI is InChI=1S/C31H32N4O3S/c1-31(30(37)33-23-10-12-24(13-11-23)34-16-18-38-19-17-34)21-39-28-9-5-3-7-26(28)29(36)35(31)15-14-22-20-32-27-8-4-2-6-25(22)27/h2-13,20,32H,14-19,21H2,1H3,(H,33,37). The summed E-state index contributed by atoms with van der Waals surface area (Å²) in [7, 11) is 0. The number of benzene rings is 3. The zero-order valence-electron chi connectivity index (χ0n) is 22.0. The van der Waals surface area contributed by atoms with E-state index >= 15 is 0 Å². The number of rotatable bonds is 6. The molecule has 0 spiro atoms. The number of ether oxygens (including phenoxy) is 1. The van der Waals surface area contributed by atoms with Crippen LogP contribution in [0.4, 0.5) is 11.4 Å². The van der Waals surface area contributed by atoms with Crippen molar-refractivity contribution in [3.05, 3.63) is 90.1 Å². The van der Waals surface area contributed by atoms with Gasteiger partial charge in [-0.1, -0.05) is 30.3 Å². The number of aromatic amines is 1. The molecule has 1 aromatic heterocycles. The van der Waals surface area contributed by atoms with E-state index in [9.17, 15) is 9.59 Å². The molecule has 0 aliphatic carbocycles. The Morgan fingerprint density at radius 2 is 1.77 bits per heavy atom. The summed E-state index contributed by atoms with van der Waals surface area (Å²) in [6.07, 6.45) is 2.64. The molecule has 2 amide bonds. The first kappa shape index (κ1) is 25.5. The number of nitrogens with zero attached hydrogens (tertiary/aromatic N) is 2. The van der Waals surface area contributed by atoms with Crippen LogP contribution in [0.25, 0.3) is 10.9 Å². The fourth-order valence-electron chi connectivity index (χ4n) is 5.38. The number of anilines is 2. The summed E-state index contributed by atoms with van der Waals surface area (Å²) >= 11 is 1.56. The van der Waals surface area contributed by atoms with Gasteiger partial charge in [0, 0.05) is 58.8 Å². The Labute approximate surface area is 232 Å². The number of morpholine rings is 1. The number of amides is 2. The van der Waals surface area contributed by atoms with Gasteiger partial charge in [0.05, 0.1) is 18.8 Å². The number of thioether (sulfide) groups is 1. The van der Waals surface area contributed by atoms with E-state index in [1.807, 2.05) is 79.9 Å². The largest absolute Gasteiger partial charge is 0.378 e. The highest BCUT2D eigenvalue weighted by Crippen LogP contribution is 2.36. The van der Waals surface area contributed by atoms with E-state index in [1.54, 1.807) is 16.7 Å². The van der Waals surface area contributed by atoms with Crippen LogP contribution in [0.3, 0.4) is 0 Å². The lowest BCUT2D eigenvalue weighted by Crippen LogP contribution is -2.58. The summed E-state index contributed by atoms with van der Waals surface area (Å²) in [5.74, 6) is 0.159. The van der Waals surface area contributed by atoms with Crippen molar-refractivity contribution in [2.75, 3.05) is 48.8 Å². The van der Waals surface area contributed by atoms with Gasteiger partial charge in [-0.15, -0.1) is 11.8 Å². The topological polar surface area (TPSA) is 77.7 Å². The number of H-pyrrole nitrogens is 1. The molecule has 1 fully saturated rings. The fraction of sp³-hybridized carbons (Fsp3) is 0.290. The number of carbonyl (C=O) groups is 2. The molecule has 3 aromatic carbocycles. The predicted octanol–water partition coefficient (Wildman–Crippen LogP) is 5.19. The summed E-state index contributed by atoms with van der Waals surface area (Å²) in [4.78, 5) is 36.2. The van der Waals surface area contributed by atoms with E-state index in [1.165, 1.54) is 0 Å². The van der Waals surface area contributed by atoms with E-state index < -0.39 is 5.54 Å². The molecule has 39 heavy (non-hydrogen) atoms. The van der Waals surface area contributed by atoms with E-state index in [4.69, 9.17) is 4.74 Å². The number of aromatic nitrogens is 1. The van der Waals surface area contributed by atoms with Gasteiger partial charge in [-0.05, 0) is 61.4 Å². The highest BCUT2D eigenvalue weighted by Gasteiger charge is 2.45. The molecule has 1 atom stereocenters. The zero-order valence-corrected chi connectivity index (χ0v) is 22.8. The Morgan fingerprint density at radius 3 is 2.59 bits per heavy atom. The lowest BCUT2D eigenvalue weighted by molar-refractivity contribution is -0.124. The minimum atomic E-state index is -1.05. The summed E-state index contributed by atoms with van der Waals surface area (Å²) < 4.78 is 5.46. The average molecular weight is 541 g/mol. The highest BCUT2D eigenvalue weighted by atomic mass is 32.2. The van der Waals surface area contributed by atoms with Crippen molar-refractivity contribution in [2.45, 2.75) is 23.8 Å². The second-order valence-electron chi connectivity index (χ2n) is 10.2. The number of fused-ring (bicyclic) bond motifs is 2. The predicted molar refractivity (Wildman–Crippen MR) is 157 cm³/mol.